The first-order chi connectivity index (χ1) is 6.27. The van der Waals surface area contributed by atoms with Gasteiger partial charge in [-0.1, -0.05) is 12.8 Å². The summed E-state index contributed by atoms with van der Waals surface area (Å²) in [4.78, 5) is 11.1. The Morgan fingerprint density at radius 3 is 2.62 bits per heavy atom. The molecule has 2 nitrogen and oxygen atoms in total. The standard InChI is InChI=1S/C10H12BrNO/c11-9-3-6-12(7-9)10(8-13)4-1-2-5-10/h3,6-8H,1-2,4-5H2. The number of carbonyl (C=O) groups is 1. The van der Waals surface area contributed by atoms with Gasteiger partial charge in [0, 0.05) is 16.9 Å². The first kappa shape index (κ1) is 9.00. The van der Waals surface area contributed by atoms with Gasteiger partial charge in [0.1, 0.15) is 6.29 Å². The molecule has 1 aliphatic carbocycles. The Morgan fingerprint density at radius 2 is 2.15 bits per heavy atom. The molecule has 0 N–H and O–H groups in total. The van der Waals surface area contributed by atoms with E-state index in [1.807, 2.05) is 23.0 Å². The zero-order valence-corrected chi connectivity index (χ0v) is 8.96. The number of nitrogens with zero attached hydrogens (tertiary/aromatic N) is 1. The number of halogens is 1. The average molecular weight is 242 g/mol. The molecule has 1 aromatic heterocycles. The van der Waals surface area contributed by atoms with E-state index in [1.54, 1.807) is 0 Å². The maximum absolute atomic E-state index is 11.1. The molecule has 2 rings (SSSR count). The summed E-state index contributed by atoms with van der Waals surface area (Å²) in [6.07, 6.45) is 9.36. The first-order valence-corrected chi connectivity index (χ1v) is 5.36. The summed E-state index contributed by atoms with van der Waals surface area (Å²) in [5.74, 6) is 0. The number of hydrogen-bond acceptors (Lipinski definition) is 1. The summed E-state index contributed by atoms with van der Waals surface area (Å²) in [5.41, 5.74) is -0.244. The minimum absolute atomic E-state index is 0.244. The van der Waals surface area contributed by atoms with E-state index in [9.17, 15) is 4.79 Å². The van der Waals surface area contributed by atoms with Crippen molar-refractivity contribution >= 4 is 22.2 Å². The van der Waals surface area contributed by atoms with Gasteiger partial charge in [0.05, 0.1) is 5.54 Å². The summed E-state index contributed by atoms with van der Waals surface area (Å²) in [5, 5.41) is 0. The number of rotatable bonds is 2. The lowest BCUT2D eigenvalue weighted by Crippen LogP contribution is -2.30. The van der Waals surface area contributed by atoms with Gasteiger partial charge in [0.2, 0.25) is 0 Å². The summed E-state index contributed by atoms with van der Waals surface area (Å²) >= 11 is 3.40. The van der Waals surface area contributed by atoms with Crippen molar-refractivity contribution in [1.29, 1.82) is 0 Å². The van der Waals surface area contributed by atoms with E-state index in [0.29, 0.717) is 0 Å². The van der Waals surface area contributed by atoms with Crippen molar-refractivity contribution in [3.8, 4) is 0 Å². The summed E-state index contributed by atoms with van der Waals surface area (Å²) in [7, 11) is 0. The zero-order valence-electron chi connectivity index (χ0n) is 7.37. The van der Waals surface area contributed by atoms with Crippen LogP contribution >= 0.6 is 15.9 Å². The minimum Gasteiger partial charge on any atom is -0.340 e. The fraction of sp³-hybridized carbons (Fsp3) is 0.500. The Balaban J connectivity index is 2.35. The number of carbonyl (C=O) groups excluding carboxylic acids is 1. The first-order valence-electron chi connectivity index (χ1n) is 4.57. The van der Waals surface area contributed by atoms with E-state index in [4.69, 9.17) is 0 Å². The third-order valence-corrected chi connectivity index (χ3v) is 3.33. The van der Waals surface area contributed by atoms with Gasteiger partial charge >= 0.3 is 0 Å². The van der Waals surface area contributed by atoms with Gasteiger partial charge in [-0.15, -0.1) is 0 Å². The second kappa shape index (κ2) is 3.29. The lowest BCUT2D eigenvalue weighted by Gasteiger charge is -2.23. The molecule has 1 aliphatic rings. The van der Waals surface area contributed by atoms with Crippen molar-refractivity contribution in [2.24, 2.45) is 0 Å². The van der Waals surface area contributed by atoms with Gasteiger partial charge in [0.15, 0.2) is 0 Å². The van der Waals surface area contributed by atoms with Crippen molar-refractivity contribution in [3.63, 3.8) is 0 Å². The SMILES string of the molecule is O=CC1(n2ccc(Br)c2)CCCC1. The monoisotopic (exact) mass is 241 g/mol. The largest absolute Gasteiger partial charge is 0.340 e. The van der Waals surface area contributed by atoms with Crippen LogP contribution in [0.4, 0.5) is 0 Å². The minimum atomic E-state index is -0.244. The number of aldehydes is 1. The van der Waals surface area contributed by atoms with Crippen LogP contribution in [0.5, 0.6) is 0 Å². The van der Waals surface area contributed by atoms with Crippen LogP contribution in [0, 0.1) is 0 Å². The zero-order chi connectivity index (χ0) is 9.31. The molecule has 1 aromatic rings. The third kappa shape index (κ3) is 1.46. The molecule has 13 heavy (non-hydrogen) atoms. The van der Waals surface area contributed by atoms with E-state index >= 15 is 0 Å². The van der Waals surface area contributed by atoms with Crippen molar-refractivity contribution in [2.75, 3.05) is 0 Å². The number of hydrogen-bond donors (Lipinski definition) is 0. The molecule has 0 aromatic carbocycles. The predicted molar refractivity (Wildman–Crippen MR) is 54.6 cm³/mol. The normalized spacial score (nSPS) is 20.4. The molecule has 1 heterocycles. The molecule has 70 valence electrons. The lowest BCUT2D eigenvalue weighted by atomic mass is 10.00. The van der Waals surface area contributed by atoms with Gasteiger partial charge < -0.3 is 9.36 Å². The van der Waals surface area contributed by atoms with Gasteiger partial charge in [-0.05, 0) is 34.8 Å². The van der Waals surface area contributed by atoms with E-state index in [2.05, 4.69) is 15.9 Å². The predicted octanol–water partition coefficient (Wildman–Crippen LogP) is 2.72. The molecule has 0 radical (unpaired) electrons. The molecule has 0 bridgehead atoms. The van der Waals surface area contributed by atoms with Crippen LogP contribution in [-0.2, 0) is 10.3 Å². The Morgan fingerprint density at radius 1 is 1.46 bits per heavy atom. The molecule has 1 fully saturated rings. The second-order valence-corrected chi connectivity index (χ2v) is 4.58. The Kier molecular flexibility index (Phi) is 2.28. The molecular formula is C10H12BrNO. The molecule has 0 spiro atoms. The maximum Gasteiger partial charge on any atom is 0.145 e. The fourth-order valence-electron chi connectivity index (χ4n) is 2.07. The molecule has 0 aliphatic heterocycles. The third-order valence-electron chi connectivity index (χ3n) is 2.86. The Labute approximate surface area is 86.1 Å². The molecular weight excluding hydrogens is 230 g/mol. The lowest BCUT2D eigenvalue weighted by molar-refractivity contribution is -0.115. The van der Waals surface area contributed by atoms with Crippen LogP contribution in [0.1, 0.15) is 25.7 Å². The van der Waals surface area contributed by atoms with Crippen LogP contribution in [0.15, 0.2) is 22.9 Å². The van der Waals surface area contributed by atoms with Crippen molar-refractivity contribution in [1.82, 2.24) is 4.57 Å². The van der Waals surface area contributed by atoms with Gasteiger partial charge in [-0.25, -0.2) is 0 Å². The molecule has 0 amide bonds. The molecule has 1 saturated carbocycles. The quantitative estimate of drug-likeness (QED) is 0.731. The molecule has 0 saturated heterocycles. The highest BCUT2D eigenvalue weighted by molar-refractivity contribution is 9.10. The van der Waals surface area contributed by atoms with E-state index < -0.39 is 0 Å². The molecule has 3 heteroatoms. The van der Waals surface area contributed by atoms with Gasteiger partial charge in [0.25, 0.3) is 0 Å². The maximum atomic E-state index is 11.1. The highest BCUT2D eigenvalue weighted by atomic mass is 79.9. The highest BCUT2D eigenvalue weighted by Crippen LogP contribution is 2.35. The van der Waals surface area contributed by atoms with Crippen molar-refractivity contribution in [2.45, 2.75) is 31.2 Å². The second-order valence-electron chi connectivity index (χ2n) is 3.67. The van der Waals surface area contributed by atoms with Crippen LogP contribution in [-0.4, -0.2) is 10.9 Å². The topological polar surface area (TPSA) is 22.0 Å². The molecule has 0 atom stereocenters. The highest BCUT2D eigenvalue weighted by Gasteiger charge is 2.34. The van der Waals surface area contributed by atoms with Gasteiger partial charge in [-0.2, -0.15) is 0 Å². The van der Waals surface area contributed by atoms with Crippen LogP contribution in [0.2, 0.25) is 0 Å². The van der Waals surface area contributed by atoms with Crippen LogP contribution in [0.3, 0.4) is 0 Å². The summed E-state index contributed by atoms with van der Waals surface area (Å²) < 4.78 is 3.08. The average Bonchev–Trinajstić information content (AvgIpc) is 2.73. The number of aromatic nitrogens is 1. The fourth-order valence-corrected chi connectivity index (χ4v) is 2.41. The molecule has 0 unspecified atom stereocenters. The van der Waals surface area contributed by atoms with Gasteiger partial charge in [-0.3, -0.25) is 0 Å². The van der Waals surface area contributed by atoms with E-state index in [1.165, 1.54) is 0 Å². The van der Waals surface area contributed by atoms with E-state index in [-0.39, 0.29) is 5.54 Å². The van der Waals surface area contributed by atoms with E-state index in [0.717, 1.165) is 36.4 Å². The Bertz CT molecular complexity index is 312. The summed E-state index contributed by atoms with van der Waals surface area (Å²) in [6, 6.07) is 1.98. The van der Waals surface area contributed by atoms with Crippen molar-refractivity contribution < 1.29 is 4.79 Å². The van der Waals surface area contributed by atoms with Crippen LogP contribution in [0.25, 0.3) is 0 Å². The van der Waals surface area contributed by atoms with Crippen molar-refractivity contribution in [3.05, 3.63) is 22.9 Å². The summed E-state index contributed by atoms with van der Waals surface area (Å²) in [6.45, 7) is 0. The van der Waals surface area contributed by atoms with Crippen LogP contribution < -0.4 is 0 Å². The Hall–Kier alpha value is -0.570. The smallest absolute Gasteiger partial charge is 0.145 e.